The molecule has 0 amide bonds. The molecular formula is C17H32O4. The molecule has 21 heavy (non-hydrogen) atoms. The summed E-state index contributed by atoms with van der Waals surface area (Å²) in [4.78, 5) is 23.5. The van der Waals surface area contributed by atoms with Gasteiger partial charge in [-0.05, 0) is 32.1 Å². The van der Waals surface area contributed by atoms with Gasteiger partial charge in [-0.1, -0.05) is 53.4 Å². The first-order valence-corrected chi connectivity index (χ1v) is 8.41. The number of carbonyl (C=O) groups excluding carboxylic acids is 1. The summed E-state index contributed by atoms with van der Waals surface area (Å²) < 4.78 is 5.68. The Morgan fingerprint density at radius 2 is 1.57 bits per heavy atom. The molecule has 4 nitrogen and oxygen atoms in total. The second-order valence-corrected chi connectivity index (χ2v) is 5.80. The van der Waals surface area contributed by atoms with Crippen LogP contribution in [0.3, 0.4) is 0 Å². The van der Waals surface area contributed by atoms with Crippen molar-refractivity contribution in [2.24, 2.45) is 5.92 Å². The van der Waals surface area contributed by atoms with E-state index in [1.807, 2.05) is 20.8 Å². The van der Waals surface area contributed by atoms with Gasteiger partial charge in [-0.3, -0.25) is 9.59 Å². The maximum Gasteiger partial charge on any atom is 0.320 e. The average Bonchev–Trinajstić information content (AvgIpc) is 2.46. The van der Waals surface area contributed by atoms with E-state index in [0.29, 0.717) is 6.42 Å². The maximum absolute atomic E-state index is 12.3. The molecule has 0 aromatic heterocycles. The largest absolute Gasteiger partial charge is 0.481 e. The highest BCUT2D eigenvalue weighted by Gasteiger charge is 2.35. The molecule has 0 rings (SSSR count). The molecule has 0 aromatic carbocycles. The zero-order valence-electron chi connectivity index (χ0n) is 14.1. The van der Waals surface area contributed by atoms with Crippen LogP contribution in [-0.2, 0) is 14.3 Å². The van der Waals surface area contributed by atoms with E-state index >= 15 is 0 Å². The van der Waals surface area contributed by atoms with Crippen LogP contribution in [0.5, 0.6) is 0 Å². The minimum absolute atomic E-state index is 0.364. The van der Waals surface area contributed by atoms with Gasteiger partial charge in [0, 0.05) is 0 Å². The lowest BCUT2D eigenvalue weighted by atomic mass is 9.90. The molecule has 0 fully saturated rings. The van der Waals surface area contributed by atoms with Gasteiger partial charge in [0.1, 0.15) is 5.60 Å². The summed E-state index contributed by atoms with van der Waals surface area (Å²) in [6.45, 7) is 8.13. The van der Waals surface area contributed by atoms with Crippen LogP contribution in [0.4, 0.5) is 0 Å². The highest BCUT2D eigenvalue weighted by Crippen LogP contribution is 2.29. The molecule has 0 heterocycles. The van der Waals surface area contributed by atoms with Crippen LogP contribution in [-0.4, -0.2) is 22.6 Å². The van der Waals surface area contributed by atoms with Gasteiger partial charge in [0.15, 0.2) is 5.92 Å². The Kier molecular flexibility index (Phi) is 10.1. The second-order valence-electron chi connectivity index (χ2n) is 5.80. The van der Waals surface area contributed by atoms with Gasteiger partial charge in [-0.25, -0.2) is 0 Å². The van der Waals surface area contributed by atoms with Crippen molar-refractivity contribution < 1.29 is 19.4 Å². The zero-order valence-corrected chi connectivity index (χ0v) is 14.1. The number of carboxylic acid groups (broad SMARTS) is 1. The fraction of sp³-hybridized carbons (Fsp3) is 0.882. The third-order valence-corrected chi connectivity index (χ3v) is 4.27. The molecule has 0 aliphatic heterocycles. The fourth-order valence-corrected chi connectivity index (χ4v) is 2.53. The smallest absolute Gasteiger partial charge is 0.320 e. The molecule has 0 spiro atoms. The molecule has 1 N–H and O–H groups in total. The second kappa shape index (κ2) is 10.6. The summed E-state index contributed by atoms with van der Waals surface area (Å²) in [6.07, 6.45) is 7.50. The Bertz CT molecular complexity index is 308. The molecule has 0 saturated carbocycles. The number of carboxylic acids is 1. The van der Waals surface area contributed by atoms with E-state index in [2.05, 4.69) is 6.92 Å². The quantitative estimate of drug-likeness (QED) is 0.326. The van der Waals surface area contributed by atoms with E-state index in [1.54, 1.807) is 0 Å². The van der Waals surface area contributed by atoms with Crippen molar-refractivity contribution in [1.82, 2.24) is 0 Å². The fourth-order valence-electron chi connectivity index (χ4n) is 2.53. The molecule has 124 valence electrons. The van der Waals surface area contributed by atoms with Crippen molar-refractivity contribution in [1.29, 1.82) is 0 Å². The Balaban J connectivity index is 4.79. The molecule has 0 aliphatic rings. The number of aliphatic carboxylic acids is 1. The summed E-state index contributed by atoms with van der Waals surface area (Å²) in [6, 6.07) is 0. The summed E-state index contributed by atoms with van der Waals surface area (Å²) in [5, 5.41) is 9.23. The third-order valence-electron chi connectivity index (χ3n) is 4.27. The van der Waals surface area contributed by atoms with E-state index in [1.165, 1.54) is 0 Å². The van der Waals surface area contributed by atoms with Crippen LogP contribution < -0.4 is 0 Å². The highest BCUT2D eigenvalue weighted by molar-refractivity contribution is 5.94. The van der Waals surface area contributed by atoms with Crippen LogP contribution in [0.25, 0.3) is 0 Å². The first kappa shape index (κ1) is 19.9. The molecule has 1 unspecified atom stereocenters. The summed E-state index contributed by atoms with van der Waals surface area (Å²) >= 11 is 0. The number of rotatable bonds is 12. The normalized spacial score (nSPS) is 13.0. The molecule has 0 aromatic rings. The first-order chi connectivity index (χ1) is 9.96. The topological polar surface area (TPSA) is 63.6 Å². The van der Waals surface area contributed by atoms with E-state index in [4.69, 9.17) is 4.74 Å². The summed E-state index contributed by atoms with van der Waals surface area (Å²) in [5.74, 6) is -2.65. The van der Waals surface area contributed by atoms with Gasteiger partial charge in [-0.2, -0.15) is 0 Å². The standard InChI is InChI=1S/C17H32O4/c1-5-9-11-13-17(7-3,8-4)21-16(20)14(15(18)19)12-10-6-2/h14H,5-13H2,1-4H3,(H,18,19). The van der Waals surface area contributed by atoms with Crippen LogP contribution in [0.2, 0.25) is 0 Å². The molecule has 0 saturated heterocycles. The lowest BCUT2D eigenvalue weighted by Gasteiger charge is -2.32. The van der Waals surface area contributed by atoms with Gasteiger partial charge in [0.25, 0.3) is 0 Å². The maximum atomic E-state index is 12.3. The Morgan fingerprint density at radius 3 is 2.00 bits per heavy atom. The first-order valence-electron chi connectivity index (χ1n) is 8.41. The van der Waals surface area contributed by atoms with Gasteiger partial charge < -0.3 is 9.84 Å². The predicted molar refractivity (Wildman–Crippen MR) is 84.2 cm³/mol. The lowest BCUT2D eigenvalue weighted by Crippen LogP contribution is -2.38. The molecule has 0 bridgehead atoms. The van der Waals surface area contributed by atoms with Crippen LogP contribution in [0, 0.1) is 5.92 Å². The Hall–Kier alpha value is -1.06. The minimum atomic E-state index is -1.07. The predicted octanol–water partition coefficient (Wildman–Crippen LogP) is 4.56. The molecule has 0 aliphatic carbocycles. The van der Waals surface area contributed by atoms with Crippen molar-refractivity contribution in [3.05, 3.63) is 0 Å². The van der Waals surface area contributed by atoms with E-state index in [9.17, 15) is 14.7 Å². The lowest BCUT2D eigenvalue weighted by molar-refractivity contribution is -0.172. The number of unbranched alkanes of at least 4 members (excludes halogenated alkanes) is 3. The summed E-state index contributed by atoms with van der Waals surface area (Å²) in [5.41, 5.74) is -0.494. The Labute approximate surface area is 129 Å². The van der Waals surface area contributed by atoms with E-state index in [-0.39, 0.29) is 0 Å². The number of hydrogen-bond donors (Lipinski definition) is 1. The number of carbonyl (C=O) groups is 2. The van der Waals surface area contributed by atoms with Crippen molar-refractivity contribution in [3.63, 3.8) is 0 Å². The molecule has 0 radical (unpaired) electrons. The average molecular weight is 300 g/mol. The Morgan fingerprint density at radius 1 is 1.00 bits per heavy atom. The van der Waals surface area contributed by atoms with Gasteiger partial charge >= 0.3 is 11.9 Å². The van der Waals surface area contributed by atoms with Crippen LogP contribution in [0.1, 0.15) is 85.5 Å². The van der Waals surface area contributed by atoms with Crippen LogP contribution >= 0.6 is 0 Å². The third kappa shape index (κ3) is 6.96. The number of hydrogen-bond acceptors (Lipinski definition) is 3. The number of ether oxygens (including phenoxy) is 1. The van der Waals surface area contributed by atoms with Gasteiger partial charge in [0.05, 0.1) is 0 Å². The monoisotopic (exact) mass is 300 g/mol. The van der Waals surface area contributed by atoms with Crippen molar-refractivity contribution in [2.45, 2.75) is 91.1 Å². The van der Waals surface area contributed by atoms with Gasteiger partial charge in [-0.15, -0.1) is 0 Å². The summed E-state index contributed by atoms with van der Waals surface area (Å²) in [7, 11) is 0. The van der Waals surface area contributed by atoms with Crippen LogP contribution in [0.15, 0.2) is 0 Å². The zero-order chi connectivity index (χ0) is 16.3. The molecular weight excluding hydrogens is 268 g/mol. The van der Waals surface area contributed by atoms with Crippen molar-refractivity contribution >= 4 is 11.9 Å². The molecule has 1 atom stereocenters. The van der Waals surface area contributed by atoms with E-state index in [0.717, 1.165) is 51.4 Å². The molecule has 4 heteroatoms. The van der Waals surface area contributed by atoms with Crippen molar-refractivity contribution in [3.8, 4) is 0 Å². The number of esters is 1. The SMILES string of the molecule is CCCCCC(CC)(CC)OC(=O)C(CCCC)C(=O)O. The minimum Gasteiger partial charge on any atom is -0.481 e. The highest BCUT2D eigenvalue weighted by atomic mass is 16.6. The van der Waals surface area contributed by atoms with Gasteiger partial charge in [0.2, 0.25) is 0 Å². The van der Waals surface area contributed by atoms with E-state index < -0.39 is 23.5 Å². The van der Waals surface area contributed by atoms with Crippen molar-refractivity contribution in [2.75, 3.05) is 0 Å².